The van der Waals surface area contributed by atoms with Gasteiger partial charge in [0, 0.05) is 5.33 Å². The first-order chi connectivity index (χ1) is 13.4. The molecule has 8 heteroatoms. The number of ether oxygens (including phenoxy) is 1. The van der Waals surface area contributed by atoms with Gasteiger partial charge >= 0.3 is 6.36 Å². The molecule has 0 saturated heterocycles. The second kappa shape index (κ2) is 8.96. The first-order valence-electron chi connectivity index (χ1n) is 8.41. The van der Waals surface area contributed by atoms with Gasteiger partial charge in [-0.3, -0.25) is 4.31 Å². The molecular formula is C20H17BrF3NO2S. The molecule has 3 nitrogen and oxygen atoms in total. The summed E-state index contributed by atoms with van der Waals surface area (Å²) in [6.07, 6.45) is -4.73. The van der Waals surface area contributed by atoms with Gasteiger partial charge in [-0.2, -0.15) is 0 Å². The van der Waals surface area contributed by atoms with Crippen LogP contribution in [-0.2, 0) is 17.5 Å². The van der Waals surface area contributed by atoms with Crippen LogP contribution in [0.25, 0.3) is 10.8 Å². The van der Waals surface area contributed by atoms with Crippen molar-refractivity contribution in [3.63, 3.8) is 0 Å². The maximum atomic E-state index is 12.8. The van der Waals surface area contributed by atoms with E-state index in [0.717, 1.165) is 22.0 Å². The average Bonchev–Trinajstić information content (AvgIpc) is 2.66. The minimum atomic E-state index is -4.73. The Bertz CT molecular complexity index is 964. The van der Waals surface area contributed by atoms with Gasteiger partial charge in [0.05, 0.1) is 18.0 Å². The zero-order valence-corrected chi connectivity index (χ0v) is 17.1. The van der Waals surface area contributed by atoms with Gasteiger partial charge in [0.2, 0.25) is 0 Å². The summed E-state index contributed by atoms with van der Waals surface area (Å²) >= 11 is 3.31. The minimum Gasteiger partial charge on any atom is -0.406 e. The number of halogens is 4. The van der Waals surface area contributed by atoms with Gasteiger partial charge < -0.3 is 4.74 Å². The third-order valence-corrected chi connectivity index (χ3v) is 6.31. The zero-order chi connectivity index (χ0) is 20.1. The third kappa shape index (κ3) is 5.48. The van der Waals surface area contributed by atoms with Gasteiger partial charge in [0.1, 0.15) is 16.7 Å². The fraction of sp³-hybridized carbons (Fsp3) is 0.200. The molecule has 0 aromatic heterocycles. The van der Waals surface area contributed by atoms with Crippen molar-refractivity contribution in [2.24, 2.45) is 0 Å². The highest BCUT2D eigenvalue weighted by Crippen LogP contribution is 2.27. The van der Waals surface area contributed by atoms with Crippen molar-refractivity contribution in [1.82, 2.24) is 0 Å². The van der Waals surface area contributed by atoms with E-state index in [1.165, 1.54) is 12.1 Å². The van der Waals surface area contributed by atoms with Gasteiger partial charge in [-0.1, -0.05) is 58.4 Å². The van der Waals surface area contributed by atoms with Crippen LogP contribution in [-0.4, -0.2) is 21.7 Å². The van der Waals surface area contributed by atoms with Crippen LogP contribution in [0.4, 0.5) is 18.9 Å². The van der Waals surface area contributed by atoms with Gasteiger partial charge in [0.15, 0.2) is 0 Å². The first-order valence-corrected chi connectivity index (χ1v) is 10.8. The molecule has 0 saturated carbocycles. The predicted molar refractivity (Wildman–Crippen MR) is 110 cm³/mol. The van der Waals surface area contributed by atoms with Gasteiger partial charge in [-0.05, 0) is 40.6 Å². The van der Waals surface area contributed by atoms with Gasteiger partial charge in [0.25, 0.3) is 0 Å². The summed E-state index contributed by atoms with van der Waals surface area (Å²) in [7, 11) is -1.30. The molecule has 3 rings (SSSR count). The molecule has 0 aliphatic heterocycles. The summed E-state index contributed by atoms with van der Waals surface area (Å²) in [6, 6.07) is 19.3. The van der Waals surface area contributed by atoms with Crippen molar-refractivity contribution < 1.29 is 22.1 Å². The van der Waals surface area contributed by atoms with E-state index in [9.17, 15) is 17.4 Å². The van der Waals surface area contributed by atoms with Crippen molar-refractivity contribution >= 4 is 43.4 Å². The number of fused-ring (bicyclic) bond motifs is 1. The Hall–Kier alpha value is -2.06. The molecule has 148 valence electrons. The highest BCUT2D eigenvalue weighted by molar-refractivity contribution is 9.09. The standard InChI is InChI=1S/C20H17BrF3NO2S/c21-11-12-28(26)25(18-8-7-16-3-1-2-4-17(16)13-18)14-15-5-9-19(10-6-15)27-20(22,23)24/h1-10,13H,11-12,14H2. The molecule has 0 amide bonds. The molecule has 0 aliphatic rings. The van der Waals surface area contributed by atoms with E-state index < -0.39 is 17.3 Å². The lowest BCUT2D eigenvalue weighted by atomic mass is 10.1. The Labute approximate surface area is 171 Å². The van der Waals surface area contributed by atoms with Crippen LogP contribution in [0.3, 0.4) is 0 Å². The van der Waals surface area contributed by atoms with E-state index in [4.69, 9.17) is 0 Å². The lowest BCUT2D eigenvalue weighted by molar-refractivity contribution is -0.274. The van der Waals surface area contributed by atoms with Gasteiger partial charge in [-0.25, -0.2) is 4.21 Å². The number of hydrogen-bond donors (Lipinski definition) is 0. The Kier molecular flexibility index (Phi) is 6.61. The quantitative estimate of drug-likeness (QED) is 0.407. The van der Waals surface area contributed by atoms with Crippen molar-refractivity contribution in [3.05, 3.63) is 72.3 Å². The smallest absolute Gasteiger partial charge is 0.406 e. The molecule has 0 aliphatic carbocycles. The largest absolute Gasteiger partial charge is 0.573 e. The Morgan fingerprint density at radius 1 is 0.964 bits per heavy atom. The second-order valence-electron chi connectivity index (χ2n) is 5.97. The number of alkyl halides is 4. The summed E-state index contributed by atoms with van der Waals surface area (Å²) < 4.78 is 55.4. The predicted octanol–water partition coefficient (Wildman–Crippen LogP) is 5.80. The van der Waals surface area contributed by atoms with Crippen LogP contribution in [0.15, 0.2) is 66.7 Å². The molecule has 1 atom stereocenters. The SMILES string of the molecule is O=S(CCBr)N(Cc1ccc(OC(F)(F)F)cc1)c1ccc2ccccc2c1. The topological polar surface area (TPSA) is 29.5 Å². The summed E-state index contributed by atoms with van der Waals surface area (Å²) in [5.74, 6) is 0.136. The average molecular weight is 472 g/mol. The number of rotatable bonds is 7. The molecule has 1 unspecified atom stereocenters. The van der Waals surface area contributed by atoms with E-state index >= 15 is 0 Å². The summed E-state index contributed by atoms with van der Waals surface area (Å²) in [6.45, 7) is 0.296. The third-order valence-electron chi connectivity index (χ3n) is 4.00. The number of anilines is 1. The fourth-order valence-electron chi connectivity index (χ4n) is 2.75. The van der Waals surface area contributed by atoms with E-state index in [1.807, 2.05) is 42.5 Å². The van der Waals surface area contributed by atoms with Crippen LogP contribution in [0.5, 0.6) is 5.75 Å². The molecule has 0 spiro atoms. The second-order valence-corrected chi connectivity index (χ2v) is 8.26. The van der Waals surface area contributed by atoms with Crippen LogP contribution >= 0.6 is 15.9 Å². The van der Waals surface area contributed by atoms with Crippen molar-refractivity contribution in [3.8, 4) is 5.75 Å². The number of nitrogens with zero attached hydrogens (tertiary/aromatic N) is 1. The Morgan fingerprint density at radius 3 is 2.29 bits per heavy atom. The maximum absolute atomic E-state index is 12.8. The van der Waals surface area contributed by atoms with Crippen molar-refractivity contribution in [1.29, 1.82) is 0 Å². The highest BCUT2D eigenvalue weighted by Gasteiger charge is 2.31. The summed E-state index contributed by atoms with van der Waals surface area (Å²) in [5.41, 5.74) is 1.51. The molecule has 0 bridgehead atoms. The van der Waals surface area contributed by atoms with E-state index in [2.05, 4.69) is 20.7 Å². The first kappa shape index (κ1) is 20.7. The van der Waals surface area contributed by atoms with Crippen LogP contribution in [0.2, 0.25) is 0 Å². The van der Waals surface area contributed by atoms with Crippen molar-refractivity contribution in [2.45, 2.75) is 12.9 Å². The van der Waals surface area contributed by atoms with E-state index in [0.29, 0.717) is 17.6 Å². The molecule has 0 N–H and O–H groups in total. The van der Waals surface area contributed by atoms with E-state index in [1.54, 1.807) is 16.4 Å². The molecule has 0 heterocycles. The van der Waals surface area contributed by atoms with Gasteiger partial charge in [-0.15, -0.1) is 13.2 Å². The summed E-state index contributed by atoms with van der Waals surface area (Å²) in [5, 5.41) is 2.67. The monoisotopic (exact) mass is 471 g/mol. The minimum absolute atomic E-state index is 0.282. The zero-order valence-electron chi connectivity index (χ0n) is 14.7. The Balaban J connectivity index is 1.86. The summed E-state index contributed by atoms with van der Waals surface area (Å²) in [4.78, 5) is 0. The normalized spacial score (nSPS) is 12.7. The molecule has 0 fully saturated rings. The van der Waals surface area contributed by atoms with E-state index in [-0.39, 0.29) is 5.75 Å². The fourth-order valence-corrected chi connectivity index (χ4v) is 4.58. The van der Waals surface area contributed by atoms with Crippen LogP contribution in [0, 0.1) is 0 Å². The lowest BCUT2D eigenvalue weighted by Crippen LogP contribution is -2.27. The maximum Gasteiger partial charge on any atom is 0.573 e. The highest BCUT2D eigenvalue weighted by atomic mass is 79.9. The molecule has 3 aromatic carbocycles. The van der Waals surface area contributed by atoms with Crippen molar-refractivity contribution in [2.75, 3.05) is 15.4 Å². The Morgan fingerprint density at radius 2 is 1.64 bits per heavy atom. The molecular weight excluding hydrogens is 455 g/mol. The number of benzene rings is 3. The molecule has 28 heavy (non-hydrogen) atoms. The molecule has 3 aromatic rings. The van der Waals surface area contributed by atoms with Crippen LogP contribution in [0.1, 0.15) is 5.56 Å². The number of hydrogen-bond acceptors (Lipinski definition) is 2. The van der Waals surface area contributed by atoms with Crippen LogP contribution < -0.4 is 9.04 Å². The lowest BCUT2D eigenvalue weighted by Gasteiger charge is -2.24. The molecule has 0 radical (unpaired) electrons.